The van der Waals surface area contributed by atoms with E-state index in [1.54, 1.807) is 19.9 Å². The van der Waals surface area contributed by atoms with Crippen molar-refractivity contribution in [3.8, 4) is 0 Å². The van der Waals surface area contributed by atoms with Gasteiger partial charge in [0.15, 0.2) is 5.22 Å². The number of carbonyl (C=O) groups excluding carboxylic acids is 1. The zero-order chi connectivity index (χ0) is 8.43. The molecule has 1 aromatic rings. The molecule has 0 unspecified atom stereocenters. The second kappa shape index (κ2) is 3.09. The highest BCUT2D eigenvalue weighted by atomic mass is 35.5. The van der Waals surface area contributed by atoms with Crippen LogP contribution in [-0.2, 0) is 11.2 Å². The average molecular weight is 173 g/mol. The van der Waals surface area contributed by atoms with Gasteiger partial charge in [0.2, 0.25) is 0 Å². The van der Waals surface area contributed by atoms with Gasteiger partial charge in [0, 0.05) is 12.0 Å². The van der Waals surface area contributed by atoms with Crippen LogP contribution in [0.3, 0.4) is 0 Å². The summed E-state index contributed by atoms with van der Waals surface area (Å²) in [5, 5.41) is 0.346. The van der Waals surface area contributed by atoms with Crippen LogP contribution in [0.1, 0.15) is 18.2 Å². The van der Waals surface area contributed by atoms with Crippen molar-refractivity contribution in [2.24, 2.45) is 0 Å². The highest BCUT2D eigenvalue weighted by molar-refractivity contribution is 6.29. The van der Waals surface area contributed by atoms with Gasteiger partial charge >= 0.3 is 0 Å². The van der Waals surface area contributed by atoms with Crippen molar-refractivity contribution in [3.63, 3.8) is 0 Å². The fourth-order valence-electron chi connectivity index (χ4n) is 0.924. The first-order valence-corrected chi connectivity index (χ1v) is 3.71. The Morgan fingerprint density at radius 3 is 2.73 bits per heavy atom. The smallest absolute Gasteiger partial charge is 0.193 e. The van der Waals surface area contributed by atoms with Crippen molar-refractivity contribution in [2.75, 3.05) is 0 Å². The third-order valence-electron chi connectivity index (χ3n) is 1.43. The van der Waals surface area contributed by atoms with Gasteiger partial charge in [-0.25, -0.2) is 0 Å². The fraction of sp³-hybridized carbons (Fsp3) is 0.375. The number of furan rings is 1. The van der Waals surface area contributed by atoms with Crippen LogP contribution in [0.5, 0.6) is 0 Å². The number of halogens is 1. The van der Waals surface area contributed by atoms with Crippen LogP contribution < -0.4 is 0 Å². The minimum Gasteiger partial charge on any atom is -0.450 e. The first kappa shape index (κ1) is 8.34. The molecule has 1 rings (SSSR count). The number of Topliss-reactive ketones (excluding diaryl/α,β-unsaturated/α-hetero) is 1. The summed E-state index contributed by atoms with van der Waals surface area (Å²) < 4.78 is 5.03. The molecule has 0 bridgehead atoms. The fourth-order valence-corrected chi connectivity index (χ4v) is 1.17. The maximum Gasteiger partial charge on any atom is 0.193 e. The zero-order valence-electron chi connectivity index (χ0n) is 6.48. The average Bonchev–Trinajstić information content (AvgIpc) is 2.09. The van der Waals surface area contributed by atoms with Gasteiger partial charge in [-0.1, -0.05) is 0 Å². The van der Waals surface area contributed by atoms with Crippen molar-refractivity contribution in [2.45, 2.75) is 20.3 Å². The number of hydrogen-bond acceptors (Lipinski definition) is 2. The molecule has 0 saturated carbocycles. The molecule has 0 fully saturated rings. The van der Waals surface area contributed by atoms with Crippen LogP contribution in [0.4, 0.5) is 0 Å². The van der Waals surface area contributed by atoms with Crippen LogP contribution in [0.2, 0.25) is 5.22 Å². The van der Waals surface area contributed by atoms with Crippen molar-refractivity contribution in [1.29, 1.82) is 0 Å². The lowest BCUT2D eigenvalue weighted by molar-refractivity contribution is -0.116. The van der Waals surface area contributed by atoms with Crippen molar-refractivity contribution in [1.82, 2.24) is 0 Å². The molecule has 2 nitrogen and oxygen atoms in total. The molecule has 0 aliphatic heterocycles. The maximum atomic E-state index is 10.7. The quantitative estimate of drug-likeness (QED) is 0.686. The Kier molecular flexibility index (Phi) is 2.35. The van der Waals surface area contributed by atoms with Gasteiger partial charge in [0.1, 0.15) is 11.5 Å². The Hall–Kier alpha value is -0.760. The van der Waals surface area contributed by atoms with Crippen LogP contribution in [-0.4, -0.2) is 5.78 Å². The maximum absolute atomic E-state index is 10.7. The Balaban J connectivity index is 2.85. The molecule has 0 aromatic carbocycles. The van der Waals surface area contributed by atoms with E-state index in [2.05, 4.69) is 0 Å². The standard InChI is InChI=1S/C8H9ClO2/c1-5(10)3-7-4-8(9)11-6(7)2/h4H,3H2,1-2H3. The molecule has 0 radical (unpaired) electrons. The van der Waals surface area contributed by atoms with E-state index in [1.807, 2.05) is 0 Å². The van der Waals surface area contributed by atoms with Gasteiger partial charge < -0.3 is 4.42 Å². The monoisotopic (exact) mass is 172 g/mol. The van der Waals surface area contributed by atoms with E-state index in [9.17, 15) is 4.79 Å². The number of carbonyl (C=O) groups is 1. The third kappa shape index (κ3) is 2.09. The zero-order valence-corrected chi connectivity index (χ0v) is 7.23. The minimum absolute atomic E-state index is 0.116. The van der Waals surface area contributed by atoms with Crippen molar-refractivity contribution < 1.29 is 9.21 Å². The Morgan fingerprint density at radius 1 is 1.73 bits per heavy atom. The Morgan fingerprint density at radius 2 is 2.36 bits per heavy atom. The molecule has 0 aliphatic carbocycles. The first-order chi connectivity index (χ1) is 5.09. The van der Waals surface area contributed by atoms with E-state index < -0.39 is 0 Å². The van der Waals surface area contributed by atoms with Gasteiger partial charge in [-0.05, 0) is 31.5 Å². The SMILES string of the molecule is CC(=O)Cc1cc(Cl)oc1C. The molecule has 0 spiro atoms. The second-order valence-electron chi connectivity index (χ2n) is 2.51. The van der Waals surface area contributed by atoms with Gasteiger partial charge in [-0.2, -0.15) is 0 Å². The van der Waals surface area contributed by atoms with Crippen LogP contribution in [0, 0.1) is 6.92 Å². The molecule has 0 amide bonds. The molecule has 11 heavy (non-hydrogen) atoms. The third-order valence-corrected chi connectivity index (χ3v) is 1.62. The number of hydrogen-bond donors (Lipinski definition) is 0. The number of rotatable bonds is 2. The molecule has 3 heteroatoms. The van der Waals surface area contributed by atoms with Gasteiger partial charge in [-0.3, -0.25) is 4.79 Å². The van der Waals surface area contributed by atoms with Crippen molar-refractivity contribution in [3.05, 3.63) is 22.6 Å². The molecular weight excluding hydrogens is 164 g/mol. The topological polar surface area (TPSA) is 30.2 Å². The molecule has 0 saturated heterocycles. The summed E-state index contributed by atoms with van der Waals surface area (Å²) >= 11 is 5.57. The molecule has 0 N–H and O–H groups in total. The second-order valence-corrected chi connectivity index (χ2v) is 2.88. The number of ketones is 1. The van der Waals surface area contributed by atoms with E-state index in [-0.39, 0.29) is 5.78 Å². The lowest BCUT2D eigenvalue weighted by Crippen LogP contribution is -1.95. The molecule has 1 heterocycles. The number of aryl methyl sites for hydroxylation is 1. The van der Waals surface area contributed by atoms with Crippen LogP contribution >= 0.6 is 11.6 Å². The van der Waals surface area contributed by atoms with Gasteiger partial charge in [0.25, 0.3) is 0 Å². The van der Waals surface area contributed by atoms with Gasteiger partial charge in [-0.15, -0.1) is 0 Å². The van der Waals surface area contributed by atoms with Gasteiger partial charge in [0.05, 0.1) is 0 Å². The molecule has 0 aliphatic rings. The summed E-state index contributed by atoms with van der Waals surface area (Å²) in [5.41, 5.74) is 0.877. The molecule has 1 aromatic heterocycles. The lowest BCUT2D eigenvalue weighted by Gasteiger charge is -1.90. The minimum atomic E-state index is 0.116. The van der Waals surface area contributed by atoms with Crippen LogP contribution in [0.15, 0.2) is 10.5 Å². The largest absolute Gasteiger partial charge is 0.450 e. The summed E-state index contributed by atoms with van der Waals surface area (Å²) in [4.78, 5) is 10.7. The first-order valence-electron chi connectivity index (χ1n) is 3.34. The molecular formula is C8H9ClO2. The van der Waals surface area contributed by atoms with E-state index in [4.69, 9.17) is 16.0 Å². The predicted octanol–water partition coefficient (Wildman–Crippen LogP) is 2.37. The highest BCUT2D eigenvalue weighted by Crippen LogP contribution is 2.19. The van der Waals surface area contributed by atoms with Crippen molar-refractivity contribution >= 4 is 17.4 Å². The summed E-state index contributed by atoms with van der Waals surface area (Å²) in [7, 11) is 0. The Labute approximate surface area is 70.2 Å². The summed E-state index contributed by atoms with van der Waals surface area (Å²) in [6.07, 6.45) is 0.405. The summed E-state index contributed by atoms with van der Waals surface area (Å²) in [5.74, 6) is 0.843. The molecule has 60 valence electrons. The highest BCUT2D eigenvalue weighted by Gasteiger charge is 2.06. The molecule has 0 atom stereocenters. The normalized spacial score (nSPS) is 10.1. The Bertz CT molecular complexity index is 276. The van der Waals surface area contributed by atoms with E-state index in [0.29, 0.717) is 11.6 Å². The summed E-state index contributed by atoms with van der Waals surface area (Å²) in [6, 6.07) is 1.68. The van der Waals surface area contributed by atoms with E-state index in [0.717, 1.165) is 11.3 Å². The summed E-state index contributed by atoms with van der Waals surface area (Å²) in [6.45, 7) is 3.34. The van der Waals surface area contributed by atoms with Crippen LogP contribution in [0.25, 0.3) is 0 Å². The van der Waals surface area contributed by atoms with E-state index in [1.165, 1.54) is 0 Å². The van der Waals surface area contributed by atoms with E-state index >= 15 is 0 Å². The predicted molar refractivity (Wildman–Crippen MR) is 42.8 cm³/mol. The lowest BCUT2D eigenvalue weighted by atomic mass is 10.1.